The molecule has 0 amide bonds. The van der Waals surface area contributed by atoms with E-state index in [-0.39, 0.29) is 0 Å². The quantitative estimate of drug-likeness (QED) is 0.618. The maximum absolute atomic E-state index is 5.71. The zero-order valence-corrected chi connectivity index (χ0v) is 7.01. The van der Waals surface area contributed by atoms with E-state index in [1.807, 2.05) is 0 Å². The van der Waals surface area contributed by atoms with Gasteiger partial charge in [-0.05, 0) is 39.8 Å². The predicted molar refractivity (Wildman–Crippen MR) is 43.9 cm³/mol. The maximum Gasteiger partial charge on any atom is 0.0107 e. The molecule has 1 saturated heterocycles. The second-order valence-corrected chi connectivity index (χ2v) is 3.49. The van der Waals surface area contributed by atoms with E-state index in [4.69, 9.17) is 5.73 Å². The summed E-state index contributed by atoms with van der Waals surface area (Å²) in [6, 6.07) is 1.13. The number of rotatable bonds is 2. The SMILES string of the molecule is C[C@@H](N)CC1CCCN1C. The summed E-state index contributed by atoms with van der Waals surface area (Å²) in [4.78, 5) is 2.42. The van der Waals surface area contributed by atoms with Gasteiger partial charge in [-0.3, -0.25) is 0 Å². The molecule has 60 valence electrons. The van der Waals surface area contributed by atoms with Crippen LogP contribution < -0.4 is 5.73 Å². The van der Waals surface area contributed by atoms with Crippen LogP contribution in [0.25, 0.3) is 0 Å². The first-order chi connectivity index (χ1) is 4.70. The van der Waals surface area contributed by atoms with Gasteiger partial charge < -0.3 is 10.6 Å². The van der Waals surface area contributed by atoms with Crippen molar-refractivity contribution in [1.82, 2.24) is 4.90 Å². The van der Waals surface area contributed by atoms with Gasteiger partial charge in [0, 0.05) is 12.1 Å². The molecule has 2 nitrogen and oxygen atoms in total. The first-order valence-electron chi connectivity index (χ1n) is 4.16. The summed E-state index contributed by atoms with van der Waals surface area (Å²) in [5.74, 6) is 0. The van der Waals surface area contributed by atoms with E-state index in [0.29, 0.717) is 6.04 Å². The molecule has 0 radical (unpaired) electrons. The zero-order valence-electron chi connectivity index (χ0n) is 7.01. The Balaban J connectivity index is 2.26. The lowest BCUT2D eigenvalue weighted by atomic mass is 10.1. The van der Waals surface area contributed by atoms with Crippen molar-refractivity contribution in [2.75, 3.05) is 13.6 Å². The fourth-order valence-corrected chi connectivity index (χ4v) is 1.71. The summed E-state index contributed by atoms with van der Waals surface area (Å²) in [6.07, 6.45) is 3.86. The molecule has 1 heterocycles. The summed E-state index contributed by atoms with van der Waals surface area (Å²) in [5.41, 5.74) is 5.71. The highest BCUT2D eigenvalue weighted by Crippen LogP contribution is 2.18. The molecule has 1 rings (SSSR count). The third-order valence-corrected chi connectivity index (χ3v) is 2.32. The largest absolute Gasteiger partial charge is 0.328 e. The maximum atomic E-state index is 5.71. The van der Waals surface area contributed by atoms with Crippen LogP contribution in [-0.4, -0.2) is 30.6 Å². The third kappa shape index (κ3) is 1.96. The van der Waals surface area contributed by atoms with Crippen molar-refractivity contribution in [2.24, 2.45) is 5.73 Å². The molecule has 0 spiro atoms. The molecule has 0 bridgehead atoms. The van der Waals surface area contributed by atoms with Crippen LogP contribution in [0.2, 0.25) is 0 Å². The first kappa shape index (κ1) is 8.02. The number of hydrogen-bond donors (Lipinski definition) is 1. The minimum absolute atomic E-state index is 0.366. The number of likely N-dealkylation sites (tertiary alicyclic amines) is 1. The number of nitrogens with zero attached hydrogens (tertiary/aromatic N) is 1. The molecule has 2 N–H and O–H groups in total. The van der Waals surface area contributed by atoms with E-state index in [9.17, 15) is 0 Å². The Bertz CT molecular complexity index is 101. The molecule has 0 aromatic carbocycles. The smallest absolute Gasteiger partial charge is 0.0107 e. The lowest BCUT2D eigenvalue weighted by Gasteiger charge is -2.20. The van der Waals surface area contributed by atoms with Gasteiger partial charge in [0.1, 0.15) is 0 Å². The van der Waals surface area contributed by atoms with E-state index in [1.54, 1.807) is 0 Å². The van der Waals surface area contributed by atoms with Gasteiger partial charge in [-0.1, -0.05) is 0 Å². The highest BCUT2D eigenvalue weighted by Gasteiger charge is 2.21. The second-order valence-electron chi connectivity index (χ2n) is 3.49. The van der Waals surface area contributed by atoms with Crippen molar-refractivity contribution < 1.29 is 0 Å². The van der Waals surface area contributed by atoms with Gasteiger partial charge in [0.05, 0.1) is 0 Å². The van der Waals surface area contributed by atoms with Crippen LogP contribution in [0.5, 0.6) is 0 Å². The summed E-state index contributed by atoms with van der Waals surface area (Å²) in [6.45, 7) is 3.35. The van der Waals surface area contributed by atoms with E-state index < -0.39 is 0 Å². The normalized spacial score (nSPS) is 30.9. The topological polar surface area (TPSA) is 29.3 Å². The van der Waals surface area contributed by atoms with Crippen LogP contribution >= 0.6 is 0 Å². The highest BCUT2D eigenvalue weighted by atomic mass is 15.1. The highest BCUT2D eigenvalue weighted by molar-refractivity contribution is 4.78. The average molecular weight is 142 g/mol. The molecule has 2 heteroatoms. The van der Waals surface area contributed by atoms with Gasteiger partial charge >= 0.3 is 0 Å². The fourth-order valence-electron chi connectivity index (χ4n) is 1.71. The molecule has 10 heavy (non-hydrogen) atoms. The summed E-state index contributed by atoms with van der Waals surface area (Å²) in [7, 11) is 2.19. The fraction of sp³-hybridized carbons (Fsp3) is 1.00. The predicted octanol–water partition coefficient (Wildman–Crippen LogP) is 0.818. The minimum atomic E-state index is 0.366. The van der Waals surface area contributed by atoms with Crippen LogP contribution in [0.4, 0.5) is 0 Å². The minimum Gasteiger partial charge on any atom is -0.328 e. The Labute approximate surface area is 63.4 Å². The number of nitrogens with two attached hydrogens (primary N) is 1. The Morgan fingerprint density at radius 3 is 2.80 bits per heavy atom. The van der Waals surface area contributed by atoms with Crippen molar-refractivity contribution in [2.45, 2.75) is 38.3 Å². The standard InChI is InChI=1S/C8H18N2/c1-7(9)6-8-4-3-5-10(8)2/h7-8H,3-6,9H2,1-2H3/t7-,8?/m1/s1. The van der Waals surface area contributed by atoms with Gasteiger partial charge in [0.2, 0.25) is 0 Å². The van der Waals surface area contributed by atoms with E-state index in [1.165, 1.54) is 19.4 Å². The Kier molecular flexibility index (Phi) is 2.69. The van der Waals surface area contributed by atoms with E-state index in [2.05, 4.69) is 18.9 Å². The van der Waals surface area contributed by atoms with Gasteiger partial charge in [-0.25, -0.2) is 0 Å². The summed E-state index contributed by atoms with van der Waals surface area (Å²) in [5, 5.41) is 0. The van der Waals surface area contributed by atoms with Gasteiger partial charge in [0.15, 0.2) is 0 Å². The van der Waals surface area contributed by atoms with E-state index in [0.717, 1.165) is 12.5 Å². The van der Waals surface area contributed by atoms with E-state index >= 15 is 0 Å². The molecule has 2 atom stereocenters. The Morgan fingerprint density at radius 1 is 1.70 bits per heavy atom. The van der Waals surface area contributed by atoms with Crippen molar-refractivity contribution in [3.63, 3.8) is 0 Å². The third-order valence-electron chi connectivity index (χ3n) is 2.32. The monoisotopic (exact) mass is 142 g/mol. The summed E-state index contributed by atoms with van der Waals surface area (Å²) >= 11 is 0. The Morgan fingerprint density at radius 2 is 2.40 bits per heavy atom. The molecule has 1 unspecified atom stereocenters. The zero-order chi connectivity index (χ0) is 7.56. The van der Waals surface area contributed by atoms with Crippen molar-refractivity contribution in [3.05, 3.63) is 0 Å². The molecule has 0 aromatic rings. The van der Waals surface area contributed by atoms with Crippen LogP contribution in [0.15, 0.2) is 0 Å². The second kappa shape index (κ2) is 3.35. The summed E-state index contributed by atoms with van der Waals surface area (Å²) < 4.78 is 0. The molecule has 0 aliphatic carbocycles. The van der Waals surface area contributed by atoms with Crippen LogP contribution in [0.1, 0.15) is 26.2 Å². The molecular formula is C8H18N2. The molecule has 1 aliphatic rings. The van der Waals surface area contributed by atoms with Crippen molar-refractivity contribution in [3.8, 4) is 0 Å². The molecular weight excluding hydrogens is 124 g/mol. The lowest BCUT2D eigenvalue weighted by molar-refractivity contribution is 0.285. The lowest BCUT2D eigenvalue weighted by Crippen LogP contribution is -2.31. The van der Waals surface area contributed by atoms with Crippen LogP contribution in [0, 0.1) is 0 Å². The van der Waals surface area contributed by atoms with Crippen LogP contribution in [0.3, 0.4) is 0 Å². The average Bonchev–Trinajstić information content (AvgIpc) is 2.15. The van der Waals surface area contributed by atoms with Gasteiger partial charge in [-0.2, -0.15) is 0 Å². The van der Waals surface area contributed by atoms with Gasteiger partial charge in [0.25, 0.3) is 0 Å². The Hall–Kier alpha value is -0.0800. The molecule has 0 aromatic heterocycles. The van der Waals surface area contributed by atoms with Crippen LogP contribution in [-0.2, 0) is 0 Å². The first-order valence-corrected chi connectivity index (χ1v) is 4.16. The van der Waals surface area contributed by atoms with Crippen molar-refractivity contribution in [1.29, 1.82) is 0 Å². The molecule has 1 fully saturated rings. The number of hydrogen-bond acceptors (Lipinski definition) is 2. The van der Waals surface area contributed by atoms with Crippen molar-refractivity contribution >= 4 is 0 Å². The van der Waals surface area contributed by atoms with Gasteiger partial charge in [-0.15, -0.1) is 0 Å². The molecule has 1 aliphatic heterocycles. The molecule has 0 saturated carbocycles.